The van der Waals surface area contributed by atoms with Crippen LogP contribution in [0.25, 0.3) is 54.1 Å². The zero-order valence-electron chi connectivity index (χ0n) is 20.4. The maximum atomic E-state index is 2.54. The fourth-order valence-electron chi connectivity index (χ4n) is 6.42. The average molecular weight is 449 g/mol. The lowest BCUT2D eigenvalue weighted by atomic mass is 9.94. The van der Waals surface area contributed by atoms with Crippen LogP contribution < -0.4 is 5.32 Å². The summed E-state index contributed by atoms with van der Waals surface area (Å²) in [6, 6.07) is 27.4. The predicted octanol–water partition coefficient (Wildman–Crippen LogP) is 7.85. The van der Waals surface area contributed by atoms with Gasteiger partial charge in [0.1, 0.15) is 8.07 Å². The van der Waals surface area contributed by atoms with Crippen molar-refractivity contribution in [1.82, 2.24) is 9.13 Å². The number of fused-ring (bicyclic) bond motifs is 9. The van der Waals surface area contributed by atoms with E-state index >= 15 is 0 Å². The Bertz CT molecular complexity index is 1690. The van der Waals surface area contributed by atoms with Gasteiger partial charge in [0.25, 0.3) is 0 Å². The number of benzene rings is 4. The Balaban J connectivity index is 1.67. The normalized spacial score (nSPS) is 12.8. The van der Waals surface area contributed by atoms with Crippen LogP contribution in [0, 0.1) is 0 Å². The van der Waals surface area contributed by atoms with E-state index in [0.717, 1.165) is 0 Å². The maximum Gasteiger partial charge on any atom is 0.107 e. The lowest BCUT2D eigenvalue weighted by Gasteiger charge is -2.28. The zero-order chi connectivity index (χ0) is 22.9. The molecule has 166 valence electrons. The Kier molecular flexibility index (Phi) is 4.50. The molecule has 0 amide bonds. The van der Waals surface area contributed by atoms with Gasteiger partial charge in [0.15, 0.2) is 0 Å². The van der Waals surface area contributed by atoms with Crippen LogP contribution in [0.15, 0.2) is 66.9 Å². The molecule has 0 aliphatic rings. The molecule has 0 bridgehead atoms. The van der Waals surface area contributed by atoms with Crippen molar-refractivity contribution in [2.24, 2.45) is 14.1 Å². The van der Waals surface area contributed by atoms with Gasteiger partial charge in [-0.3, -0.25) is 0 Å². The summed E-state index contributed by atoms with van der Waals surface area (Å²) in [6.45, 7) is 7.20. The Morgan fingerprint density at radius 2 is 1.00 bits per heavy atom. The molecular weight excluding hydrogens is 416 g/mol. The van der Waals surface area contributed by atoms with Crippen LogP contribution in [0.5, 0.6) is 0 Å². The number of hydrogen-bond donors (Lipinski definition) is 0. The molecule has 0 radical (unpaired) electrons. The molecule has 0 N–H and O–H groups in total. The van der Waals surface area contributed by atoms with Gasteiger partial charge in [0, 0.05) is 47.4 Å². The summed E-state index contributed by atoms with van der Waals surface area (Å²) in [5.41, 5.74) is 2.66. The van der Waals surface area contributed by atoms with E-state index in [1.165, 1.54) is 72.3 Å². The molecule has 2 heterocycles. The third-order valence-electron chi connectivity index (χ3n) is 8.65. The van der Waals surface area contributed by atoms with Crippen molar-refractivity contribution in [2.75, 3.05) is 0 Å². The Hall–Kier alpha value is -3.04. The molecule has 0 atom stereocenters. The summed E-state index contributed by atoms with van der Waals surface area (Å²) in [7, 11) is 2.94. The summed E-state index contributed by atoms with van der Waals surface area (Å²) in [5, 5.41) is 12.5. The SMILES string of the molecule is CC[Si](CC)(CC)c1cc2c3ccc4c(ccc5c4ccc4c5ccn4C)c3ccc2n1C. The number of hydrogen-bond acceptors (Lipinski definition) is 0. The van der Waals surface area contributed by atoms with Crippen molar-refractivity contribution < 1.29 is 0 Å². The zero-order valence-corrected chi connectivity index (χ0v) is 21.4. The van der Waals surface area contributed by atoms with Crippen LogP contribution in [-0.2, 0) is 14.1 Å². The van der Waals surface area contributed by atoms with E-state index < -0.39 is 8.07 Å². The Labute approximate surface area is 196 Å². The van der Waals surface area contributed by atoms with Crippen LogP contribution in [-0.4, -0.2) is 17.2 Å². The lowest BCUT2D eigenvalue weighted by molar-refractivity contribution is 0.969. The molecule has 0 aliphatic heterocycles. The lowest BCUT2D eigenvalue weighted by Crippen LogP contribution is -2.48. The smallest absolute Gasteiger partial charge is 0.107 e. The number of aromatic nitrogens is 2. The summed E-state index contributed by atoms with van der Waals surface area (Å²) in [6.07, 6.45) is 2.16. The molecule has 33 heavy (non-hydrogen) atoms. The molecule has 0 saturated carbocycles. The molecule has 6 aromatic rings. The summed E-state index contributed by atoms with van der Waals surface area (Å²) < 4.78 is 4.71. The monoisotopic (exact) mass is 448 g/mol. The molecule has 0 saturated heterocycles. The number of rotatable bonds is 4. The minimum atomic E-state index is -1.46. The predicted molar refractivity (Wildman–Crippen MR) is 149 cm³/mol. The first-order chi connectivity index (χ1) is 16.0. The molecule has 0 unspecified atom stereocenters. The van der Waals surface area contributed by atoms with Gasteiger partial charge in [0.2, 0.25) is 0 Å². The van der Waals surface area contributed by atoms with Crippen molar-refractivity contribution >= 4 is 67.5 Å². The van der Waals surface area contributed by atoms with E-state index in [1.54, 1.807) is 5.32 Å². The van der Waals surface area contributed by atoms with Gasteiger partial charge in [-0.05, 0) is 56.6 Å². The average Bonchev–Trinajstić information content (AvgIpc) is 3.40. The summed E-state index contributed by atoms with van der Waals surface area (Å²) >= 11 is 0. The second-order valence-electron chi connectivity index (χ2n) is 9.77. The highest BCUT2D eigenvalue weighted by Crippen LogP contribution is 2.37. The first-order valence-electron chi connectivity index (χ1n) is 12.3. The standard InChI is InChI=1S/C30H32N2Si/c1-6-33(7-2,8-3)30-19-27-25-12-10-20-21(23(25)14-16-29(27)32(30)5)9-11-24-22(20)13-15-28-26(24)17-18-31(28)4/h9-19H,6-8H2,1-5H3. The van der Waals surface area contributed by atoms with Crippen molar-refractivity contribution in [3.63, 3.8) is 0 Å². The van der Waals surface area contributed by atoms with Crippen LogP contribution in [0.2, 0.25) is 18.1 Å². The Morgan fingerprint density at radius 3 is 1.55 bits per heavy atom. The van der Waals surface area contributed by atoms with Crippen LogP contribution in [0.4, 0.5) is 0 Å². The minimum absolute atomic E-state index is 1.29. The van der Waals surface area contributed by atoms with E-state index in [-0.39, 0.29) is 0 Å². The van der Waals surface area contributed by atoms with E-state index in [0.29, 0.717) is 0 Å². The highest BCUT2D eigenvalue weighted by molar-refractivity contribution is 6.91. The van der Waals surface area contributed by atoms with Gasteiger partial charge in [-0.25, -0.2) is 0 Å². The summed E-state index contributed by atoms with van der Waals surface area (Å²) in [4.78, 5) is 0. The van der Waals surface area contributed by atoms with Crippen LogP contribution in [0.1, 0.15) is 20.8 Å². The van der Waals surface area contributed by atoms with Crippen molar-refractivity contribution in [3.05, 3.63) is 66.9 Å². The fraction of sp³-hybridized carbons (Fsp3) is 0.267. The van der Waals surface area contributed by atoms with Gasteiger partial charge in [0.05, 0.1) is 0 Å². The molecule has 6 rings (SSSR count). The quantitative estimate of drug-likeness (QED) is 0.192. The summed E-state index contributed by atoms with van der Waals surface area (Å²) in [5.74, 6) is 0. The first kappa shape index (κ1) is 20.6. The maximum absolute atomic E-state index is 2.54. The Morgan fingerprint density at radius 1 is 0.545 bits per heavy atom. The highest BCUT2D eigenvalue weighted by Gasteiger charge is 2.32. The van der Waals surface area contributed by atoms with Crippen molar-refractivity contribution in [2.45, 2.75) is 38.9 Å². The molecule has 0 aliphatic carbocycles. The van der Waals surface area contributed by atoms with Crippen molar-refractivity contribution in [3.8, 4) is 0 Å². The van der Waals surface area contributed by atoms with Gasteiger partial charge < -0.3 is 9.13 Å². The van der Waals surface area contributed by atoms with Gasteiger partial charge in [-0.1, -0.05) is 75.3 Å². The second-order valence-corrected chi connectivity index (χ2v) is 15.0. The third-order valence-corrected chi connectivity index (χ3v) is 14.3. The minimum Gasteiger partial charge on any atom is -0.352 e. The molecule has 2 nitrogen and oxygen atoms in total. The third kappa shape index (κ3) is 2.66. The van der Waals surface area contributed by atoms with Crippen LogP contribution >= 0.6 is 0 Å². The highest BCUT2D eigenvalue weighted by atomic mass is 28.3. The first-order valence-corrected chi connectivity index (χ1v) is 15.0. The molecular formula is C30H32N2Si. The molecule has 2 aromatic heterocycles. The number of aryl methyl sites for hydroxylation is 2. The molecule has 0 fully saturated rings. The van der Waals surface area contributed by atoms with Gasteiger partial charge >= 0.3 is 0 Å². The second kappa shape index (κ2) is 7.23. The molecule has 0 spiro atoms. The van der Waals surface area contributed by atoms with E-state index in [4.69, 9.17) is 0 Å². The van der Waals surface area contributed by atoms with Gasteiger partial charge in [-0.2, -0.15) is 0 Å². The van der Waals surface area contributed by atoms with E-state index in [9.17, 15) is 0 Å². The molecule has 3 heteroatoms. The number of nitrogens with zero attached hydrogens (tertiary/aromatic N) is 2. The largest absolute Gasteiger partial charge is 0.352 e. The topological polar surface area (TPSA) is 9.86 Å². The fourth-order valence-corrected chi connectivity index (χ4v) is 10.3. The van der Waals surface area contributed by atoms with Crippen LogP contribution in [0.3, 0.4) is 0 Å². The van der Waals surface area contributed by atoms with Crippen molar-refractivity contribution in [1.29, 1.82) is 0 Å². The van der Waals surface area contributed by atoms with E-state index in [1.807, 2.05) is 0 Å². The molecule has 4 aromatic carbocycles. The van der Waals surface area contributed by atoms with Gasteiger partial charge in [-0.15, -0.1) is 0 Å². The van der Waals surface area contributed by atoms with E-state index in [2.05, 4.69) is 111 Å².